The first kappa shape index (κ1) is 13.8. The SMILES string of the molecule is CC(C)C1CNC(C2CC2)CN1CCOCC1CC1. The van der Waals surface area contributed by atoms with E-state index in [2.05, 4.69) is 24.1 Å². The van der Waals surface area contributed by atoms with E-state index in [1.54, 1.807) is 0 Å². The van der Waals surface area contributed by atoms with Crippen LogP contribution in [0.1, 0.15) is 39.5 Å². The molecule has 19 heavy (non-hydrogen) atoms. The maximum absolute atomic E-state index is 5.84. The smallest absolute Gasteiger partial charge is 0.0593 e. The predicted octanol–water partition coefficient (Wildman–Crippen LogP) is 2.12. The lowest BCUT2D eigenvalue weighted by molar-refractivity contribution is 0.0443. The van der Waals surface area contributed by atoms with Crippen LogP contribution < -0.4 is 5.32 Å². The van der Waals surface area contributed by atoms with Gasteiger partial charge < -0.3 is 10.1 Å². The molecule has 3 nitrogen and oxygen atoms in total. The molecule has 1 aliphatic heterocycles. The van der Waals surface area contributed by atoms with Crippen molar-refractivity contribution >= 4 is 0 Å². The molecule has 0 bridgehead atoms. The lowest BCUT2D eigenvalue weighted by Gasteiger charge is -2.42. The van der Waals surface area contributed by atoms with Crippen molar-refractivity contribution in [1.29, 1.82) is 0 Å². The van der Waals surface area contributed by atoms with Gasteiger partial charge in [0.15, 0.2) is 0 Å². The molecule has 2 saturated carbocycles. The van der Waals surface area contributed by atoms with Crippen molar-refractivity contribution in [3.63, 3.8) is 0 Å². The highest BCUT2D eigenvalue weighted by Crippen LogP contribution is 2.34. The topological polar surface area (TPSA) is 24.5 Å². The largest absolute Gasteiger partial charge is 0.380 e. The summed E-state index contributed by atoms with van der Waals surface area (Å²) >= 11 is 0. The molecule has 3 aliphatic rings. The van der Waals surface area contributed by atoms with Gasteiger partial charge in [0.05, 0.1) is 6.61 Å². The zero-order valence-corrected chi connectivity index (χ0v) is 12.6. The highest BCUT2D eigenvalue weighted by atomic mass is 16.5. The van der Waals surface area contributed by atoms with E-state index in [0.29, 0.717) is 6.04 Å². The van der Waals surface area contributed by atoms with Gasteiger partial charge in [-0.15, -0.1) is 0 Å². The Bertz CT molecular complexity index is 286. The molecule has 3 rings (SSSR count). The third-order valence-electron chi connectivity index (χ3n) is 5.02. The minimum Gasteiger partial charge on any atom is -0.380 e. The van der Waals surface area contributed by atoms with Gasteiger partial charge in [-0.3, -0.25) is 4.90 Å². The molecule has 3 fully saturated rings. The number of hydrogen-bond acceptors (Lipinski definition) is 3. The summed E-state index contributed by atoms with van der Waals surface area (Å²) in [5.41, 5.74) is 0. The molecule has 0 aromatic rings. The van der Waals surface area contributed by atoms with E-state index in [1.807, 2.05) is 0 Å². The third-order valence-corrected chi connectivity index (χ3v) is 5.02. The summed E-state index contributed by atoms with van der Waals surface area (Å²) in [6.45, 7) is 10.2. The van der Waals surface area contributed by atoms with E-state index in [9.17, 15) is 0 Å². The van der Waals surface area contributed by atoms with Crippen LogP contribution >= 0.6 is 0 Å². The molecule has 0 spiro atoms. The van der Waals surface area contributed by atoms with Crippen molar-refractivity contribution in [3.05, 3.63) is 0 Å². The second-order valence-corrected chi connectivity index (χ2v) is 7.18. The monoisotopic (exact) mass is 266 g/mol. The molecule has 1 N–H and O–H groups in total. The third kappa shape index (κ3) is 3.93. The van der Waals surface area contributed by atoms with Gasteiger partial charge in [-0.2, -0.15) is 0 Å². The van der Waals surface area contributed by atoms with Crippen LogP contribution in [0.25, 0.3) is 0 Å². The zero-order chi connectivity index (χ0) is 13.2. The van der Waals surface area contributed by atoms with Crippen LogP contribution in [0, 0.1) is 17.8 Å². The maximum atomic E-state index is 5.84. The lowest BCUT2D eigenvalue weighted by Crippen LogP contribution is -2.59. The molecule has 3 heteroatoms. The quantitative estimate of drug-likeness (QED) is 0.714. The van der Waals surface area contributed by atoms with Crippen LogP contribution in [0.15, 0.2) is 0 Å². The number of rotatable bonds is 7. The summed E-state index contributed by atoms with van der Waals surface area (Å²) in [4.78, 5) is 2.69. The first-order valence-electron chi connectivity index (χ1n) is 8.29. The van der Waals surface area contributed by atoms with Crippen molar-refractivity contribution in [1.82, 2.24) is 10.2 Å². The van der Waals surface area contributed by atoms with Crippen molar-refractivity contribution in [3.8, 4) is 0 Å². The highest BCUT2D eigenvalue weighted by Gasteiger charge is 2.37. The van der Waals surface area contributed by atoms with Crippen molar-refractivity contribution < 1.29 is 4.74 Å². The molecule has 0 aromatic carbocycles. The number of nitrogens with zero attached hydrogens (tertiary/aromatic N) is 1. The Hall–Kier alpha value is -0.120. The summed E-state index contributed by atoms with van der Waals surface area (Å²) in [6, 6.07) is 1.44. The van der Waals surface area contributed by atoms with Gasteiger partial charge in [0.2, 0.25) is 0 Å². The van der Waals surface area contributed by atoms with Crippen molar-refractivity contribution in [2.45, 2.75) is 51.6 Å². The Balaban J connectivity index is 1.44. The summed E-state index contributed by atoms with van der Waals surface area (Å²) < 4.78 is 5.84. The van der Waals surface area contributed by atoms with Gasteiger partial charge in [-0.25, -0.2) is 0 Å². The Morgan fingerprint density at radius 3 is 2.63 bits per heavy atom. The summed E-state index contributed by atoms with van der Waals surface area (Å²) in [5.74, 6) is 2.59. The van der Waals surface area contributed by atoms with Crippen molar-refractivity contribution in [2.75, 3.05) is 32.8 Å². The van der Waals surface area contributed by atoms with Gasteiger partial charge in [-0.05, 0) is 43.4 Å². The van der Waals surface area contributed by atoms with Crippen LogP contribution in [0.5, 0.6) is 0 Å². The van der Waals surface area contributed by atoms with Gasteiger partial charge >= 0.3 is 0 Å². The standard InChI is InChI=1S/C16H30N2O/c1-12(2)16-9-17-15(14-5-6-14)10-18(16)7-8-19-11-13-3-4-13/h12-17H,3-11H2,1-2H3. The summed E-state index contributed by atoms with van der Waals surface area (Å²) in [7, 11) is 0. The van der Waals surface area contributed by atoms with Gasteiger partial charge in [0.1, 0.15) is 0 Å². The van der Waals surface area contributed by atoms with E-state index in [1.165, 1.54) is 38.8 Å². The Morgan fingerprint density at radius 2 is 2.00 bits per heavy atom. The molecule has 0 radical (unpaired) electrons. The Morgan fingerprint density at radius 1 is 1.21 bits per heavy atom. The highest BCUT2D eigenvalue weighted by molar-refractivity contribution is 4.95. The van der Waals surface area contributed by atoms with Gasteiger partial charge in [0.25, 0.3) is 0 Å². The molecular formula is C16H30N2O. The van der Waals surface area contributed by atoms with Gasteiger partial charge in [-0.1, -0.05) is 13.8 Å². The molecule has 0 aromatic heterocycles. The molecule has 110 valence electrons. The van der Waals surface area contributed by atoms with Crippen molar-refractivity contribution in [2.24, 2.45) is 17.8 Å². The molecule has 2 aliphatic carbocycles. The predicted molar refractivity (Wildman–Crippen MR) is 78.3 cm³/mol. The average Bonchev–Trinajstić information content (AvgIpc) is 3.28. The summed E-state index contributed by atoms with van der Waals surface area (Å²) in [5, 5.41) is 3.78. The first-order valence-corrected chi connectivity index (χ1v) is 8.29. The molecule has 1 saturated heterocycles. The van der Waals surface area contributed by atoms with E-state index >= 15 is 0 Å². The fraction of sp³-hybridized carbons (Fsp3) is 1.00. The lowest BCUT2D eigenvalue weighted by atomic mass is 9.97. The number of piperazine rings is 1. The van der Waals surface area contributed by atoms with E-state index in [0.717, 1.165) is 43.6 Å². The number of hydrogen-bond donors (Lipinski definition) is 1. The van der Waals surface area contributed by atoms with Crippen LogP contribution in [0.4, 0.5) is 0 Å². The normalized spacial score (nSPS) is 33.0. The Kier molecular flexibility index (Phi) is 4.45. The number of nitrogens with one attached hydrogen (secondary N) is 1. The van der Waals surface area contributed by atoms with E-state index < -0.39 is 0 Å². The van der Waals surface area contributed by atoms with Crippen LogP contribution in [0.2, 0.25) is 0 Å². The zero-order valence-electron chi connectivity index (χ0n) is 12.6. The van der Waals surface area contributed by atoms with E-state index in [-0.39, 0.29) is 0 Å². The fourth-order valence-corrected chi connectivity index (χ4v) is 3.30. The molecule has 0 amide bonds. The number of ether oxygens (including phenoxy) is 1. The minimum absolute atomic E-state index is 0.694. The minimum atomic E-state index is 0.694. The second-order valence-electron chi connectivity index (χ2n) is 7.18. The summed E-state index contributed by atoms with van der Waals surface area (Å²) in [6.07, 6.45) is 5.67. The fourth-order valence-electron chi connectivity index (χ4n) is 3.30. The molecular weight excluding hydrogens is 236 g/mol. The second kappa shape index (κ2) is 6.11. The Labute approximate surface area is 118 Å². The van der Waals surface area contributed by atoms with Crippen LogP contribution in [0.3, 0.4) is 0 Å². The maximum Gasteiger partial charge on any atom is 0.0593 e. The first-order chi connectivity index (χ1) is 9.24. The molecule has 2 unspecified atom stereocenters. The molecule has 1 heterocycles. The molecule has 2 atom stereocenters. The van der Waals surface area contributed by atoms with Crippen LogP contribution in [-0.4, -0.2) is 49.8 Å². The van der Waals surface area contributed by atoms with Gasteiger partial charge in [0, 0.05) is 38.3 Å². The van der Waals surface area contributed by atoms with Crippen LogP contribution in [-0.2, 0) is 4.74 Å². The van der Waals surface area contributed by atoms with E-state index in [4.69, 9.17) is 4.74 Å². The average molecular weight is 266 g/mol.